The fraction of sp³-hybridized carbons (Fsp3) is 0.556. The summed E-state index contributed by atoms with van der Waals surface area (Å²) in [4.78, 5) is 26.0. The number of nitrogens with zero attached hydrogens (tertiary/aromatic N) is 2. The number of aliphatic carboxylic acids is 1. The topological polar surface area (TPSA) is 108 Å². The average molecular weight is 226 g/mol. The van der Waals surface area contributed by atoms with Crippen molar-refractivity contribution in [2.75, 3.05) is 0 Å². The lowest BCUT2D eigenvalue weighted by molar-refractivity contribution is -0.138. The molecule has 0 fully saturated rings. The molecule has 1 aromatic heterocycles. The van der Waals surface area contributed by atoms with Gasteiger partial charge in [0.15, 0.2) is 0 Å². The zero-order chi connectivity index (χ0) is 12.3. The minimum absolute atomic E-state index is 0.0102. The van der Waals surface area contributed by atoms with E-state index in [9.17, 15) is 9.59 Å². The van der Waals surface area contributed by atoms with Crippen molar-refractivity contribution in [2.24, 2.45) is 0 Å². The van der Waals surface area contributed by atoms with Crippen molar-refractivity contribution in [3.63, 3.8) is 0 Å². The minimum atomic E-state index is -0.975. The number of carboxylic acid groups (broad SMARTS) is 1. The first-order chi connectivity index (χ1) is 7.30. The molecule has 0 atom stereocenters. The first-order valence-corrected chi connectivity index (χ1v) is 4.73. The molecule has 7 nitrogen and oxygen atoms in total. The summed E-state index contributed by atoms with van der Waals surface area (Å²) in [7, 11) is 0. The molecule has 16 heavy (non-hydrogen) atoms. The number of aromatic nitrogens is 3. The molecule has 0 radical (unpaired) electrons. The van der Waals surface area contributed by atoms with E-state index in [1.165, 1.54) is 0 Å². The summed E-state index contributed by atoms with van der Waals surface area (Å²) in [6.45, 7) is 4.92. The van der Waals surface area contributed by atoms with Crippen LogP contribution in [0.4, 0.5) is 0 Å². The average Bonchev–Trinajstić information content (AvgIpc) is 2.47. The lowest BCUT2D eigenvalue weighted by Gasteiger charge is -2.23. The molecule has 1 aromatic rings. The molecule has 0 bridgehead atoms. The first kappa shape index (κ1) is 12.2. The van der Waals surface area contributed by atoms with Crippen molar-refractivity contribution in [3.05, 3.63) is 11.6 Å². The lowest BCUT2D eigenvalue weighted by Crippen LogP contribution is -2.45. The molecule has 1 rings (SSSR count). The molecule has 0 aromatic carbocycles. The summed E-state index contributed by atoms with van der Waals surface area (Å²) in [5, 5.41) is 17.4. The van der Waals surface area contributed by atoms with Crippen molar-refractivity contribution >= 4 is 11.9 Å². The molecule has 0 aliphatic carbocycles. The number of aryl methyl sites for hydroxylation is 1. The highest BCUT2D eigenvalue weighted by Crippen LogP contribution is 2.08. The monoisotopic (exact) mass is 226 g/mol. The fourth-order valence-electron chi connectivity index (χ4n) is 1.23. The maximum atomic E-state index is 11.6. The molecular weight excluding hydrogens is 212 g/mol. The largest absolute Gasteiger partial charge is 0.481 e. The minimum Gasteiger partial charge on any atom is -0.481 e. The molecule has 88 valence electrons. The number of H-pyrrole nitrogens is 1. The predicted octanol–water partition coefficient (Wildman–Crippen LogP) is 0.0962. The van der Waals surface area contributed by atoms with Crippen LogP contribution in [0, 0.1) is 6.92 Å². The second-order valence-corrected chi connectivity index (χ2v) is 4.15. The van der Waals surface area contributed by atoms with Gasteiger partial charge < -0.3 is 10.4 Å². The molecule has 0 aliphatic rings. The number of carboxylic acids is 1. The highest BCUT2D eigenvalue weighted by atomic mass is 16.4. The maximum absolute atomic E-state index is 11.6. The maximum Gasteiger partial charge on any atom is 0.305 e. The standard InChI is InChI=1S/C9H14N4O3/c1-5-10-7(13-12-5)8(16)11-9(2,3)4-6(14)15/h4H2,1-3H3,(H,11,16)(H,14,15)(H,10,12,13). The highest BCUT2D eigenvalue weighted by molar-refractivity contribution is 5.91. The Labute approximate surface area is 92.3 Å². The van der Waals surface area contributed by atoms with Crippen LogP contribution in [0.25, 0.3) is 0 Å². The van der Waals surface area contributed by atoms with E-state index < -0.39 is 17.4 Å². The van der Waals surface area contributed by atoms with E-state index in [1.807, 2.05) is 0 Å². The molecule has 7 heteroatoms. The number of rotatable bonds is 4. The van der Waals surface area contributed by atoms with Gasteiger partial charge in [0.2, 0.25) is 5.82 Å². The van der Waals surface area contributed by atoms with Gasteiger partial charge in [-0.15, -0.1) is 5.10 Å². The van der Waals surface area contributed by atoms with Crippen LogP contribution in [-0.4, -0.2) is 37.7 Å². The number of carbonyl (C=O) groups is 2. The van der Waals surface area contributed by atoms with E-state index >= 15 is 0 Å². The van der Waals surface area contributed by atoms with Crippen molar-refractivity contribution in [1.82, 2.24) is 20.5 Å². The van der Waals surface area contributed by atoms with Gasteiger partial charge in [0.1, 0.15) is 5.82 Å². The molecule has 0 aliphatic heterocycles. The van der Waals surface area contributed by atoms with E-state index in [-0.39, 0.29) is 12.2 Å². The molecule has 0 saturated carbocycles. The summed E-state index contributed by atoms with van der Waals surface area (Å²) in [6.07, 6.45) is -0.165. The third-order valence-corrected chi connectivity index (χ3v) is 1.85. The van der Waals surface area contributed by atoms with Crippen LogP contribution >= 0.6 is 0 Å². The smallest absolute Gasteiger partial charge is 0.305 e. The van der Waals surface area contributed by atoms with Crippen LogP contribution in [0.1, 0.15) is 36.7 Å². The van der Waals surface area contributed by atoms with Crippen LogP contribution in [-0.2, 0) is 4.79 Å². The van der Waals surface area contributed by atoms with Gasteiger partial charge in [-0.25, -0.2) is 4.98 Å². The Kier molecular flexibility index (Phi) is 3.26. The van der Waals surface area contributed by atoms with Crippen LogP contribution in [0.3, 0.4) is 0 Å². The Bertz CT molecular complexity index is 411. The molecular formula is C9H14N4O3. The molecule has 1 amide bonds. The zero-order valence-electron chi connectivity index (χ0n) is 9.37. The van der Waals surface area contributed by atoms with Gasteiger partial charge in [-0.2, -0.15) is 0 Å². The second kappa shape index (κ2) is 4.30. The Hall–Kier alpha value is -1.92. The number of hydrogen-bond donors (Lipinski definition) is 3. The van der Waals surface area contributed by atoms with Crippen LogP contribution in [0.2, 0.25) is 0 Å². The normalized spacial score (nSPS) is 11.2. The summed E-state index contributed by atoms with van der Waals surface area (Å²) in [5.74, 6) is -0.927. The quantitative estimate of drug-likeness (QED) is 0.674. The molecule has 1 heterocycles. The third kappa shape index (κ3) is 3.34. The summed E-state index contributed by atoms with van der Waals surface area (Å²) >= 11 is 0. The predicted molar refractivity (Wildman–Crippen MR) is 54.9 cm³/mol. The van der Waals surface area contributed by atoms with Gasteiger partial charge in [0.05, 0.1) is 6.42 Å². The van der Waals surface area contributed by atoms with Gasteiger partial charge in [0.25, 0.3) is 5.91 Å². The van der Waals surface area contributed by atoms with Crippen LogP contribution < -0.4 is 5.32 Å². The fourth-order valence-corrected chi connectivity index (χ4v) is 1.23. The third-order valence-electron chi connectivity index (χ3n) is 1.85. The molecule has 0 saturated heterocycles. The van der Waals surface area contributed by atoms with E-state index in [1.54, 1.807) is 20.8 Å². The Morgan fingerprint density at radius 3 is 2.56 bits per heavy atom. The van der Waals surface area contributed by atoms with Crippen LogP contribution in [0.5, 0.6) is 0 Å². The number of amides is 1. The van der Waals surface area contributed by atoms with Gasteiger partial charge in [0, 0.05) is 5.54 Å². The van der Waals surface area contributed by atoms with Gasteiger partial charge in [-0.05, 0) is 20.8 Å². The van der Waals surface area contributed by atoms with Gasteiger partial charge in [-0.3, -0.25) is 14.7 Å². The van der Waals surface area contributed by atoms with Crippen molar-refractivity contribution in [2.45, 2.75) is 32.7 Å². The van der Waals surface area contributed by atoms with Crippen molar-refractivity contribution < 1.29 is 14.7 Å². The Morgan fingerprint density at radius 1 is 1.50 bits per heavy atom. The number of nitrogens with one attached hydrogen (secondary N) is 2. The van der Waals surface area contributed by atoms with E-state index in [2.05, 4.69) is 20.5 Å². The molecule has 0 unspecified atom stereocenters. The second-order valence-electron chi connectivity index (χ2n) is 4.15. The Balaban J connectivity index is 2.67. The van der Waals surface area contributed by atoms with E-state index in [0.717, 1.165) is 0 Å². The van der Waals surface area contributed by atoms with Gasteiger partial charge in [-0.1, -0.05) is 0 Å². The Morgan fingerprint density at radius 2 is 2.12 bits per heavy atom. The summed E-state index contributed by atoms with van der Waals surface area (Å²) < 4.78 is 0. The SMILES string of the molecule is Cc1nc(C(=O)NC(C)(C)CC(=O)O)n[nH]1. The molecule has 0 spiro atoms. The number of aromatic amines is 1. The molecule has 3 N–H and O–H groups in total. The lowest BCUT2D eigenvalue weighted by atomic mass is 10.0. The van der Waals surface area contributed by atoms with Gasteiger partial charge >= 0.3 is 5.97 Å². The summed E-state index contributed by atoms with van der Waals surface area (Å²) in [6, 6.07) is 0. The summed E-state index contributed by atoms with van der Waals surface area (Å²) in [5.41, 5.74) is -0.836. The number of carbonyl (C=O) groups excluding carboxylic acids is 1. The van der Waals surface area contributed by atoms with E-state index in [4.69, 9.17) is 5.11 Å². The van der Waals surface area contributed by atoms with Crippen molar-refractivity contribution in [1.29, 1.82) is 0 Å². The van der Waals surface area contributed by atoms with Crippen LogP contribution in [0.15, 0.2) is 0 Å². The van der Waals surface area contributed by atoms with Crippen molar-refractivity contribution in [3.8, 4) is 0 Å². The number of hydrogen-bond acceptors (Lipinski definition) is 4. The highest BCUT2D eigenvalue weighted by Gasteiger charge is 2.25. The first-order valence-electron chi connectivity index (χ1n) is 4.73. The van der Waals surface area contributed by atoms with E-state index in [0.29, 0.717) is 5.82 Å². The zero-order valence-corrected chi connectivity index (χ0v) is 9.37.